The average molecular weight is 210 g/mol. The van der Waals surface area contributed by atoms with Crippen LogP contribution >= 0.6 is 0 Å². The van der Waals surface area contributed by atoms with Crippen LogP contribution in [0.15, 0.2) is 24.3 Å². The second kappa shape index (κ2) is 6.40. The Labute approximate surface area is 91.1 Å². The van der Waals surface area contributed by atoms with Crippen molar-refractivity contribution in [3.63, 3.8) is 0 Å². The van der Waals surface area contributed by atoms with E-state index in [-0.39, 0.29) is 5.82 Å². The number of anilines is 1. The van der Waals surface area contributed by atoms with Crippen LogP contribution in [0.25, 0.3) is 0 Å². The molecule has 3 heteroatoms. The fraction of sp³-hybridized carbons (Fsp3) is 0.500. The number of hydrogen-bond acceptors (Lipinski definition) is 2. The second-order valence-electron chi connectivity index (χ2n) is 3.68. The van der Waals surface area contributed by atoms with Crippen LogP contribution < -0.4 is 10.2 Å². The quantitative estimate of drug-likeness (QED) is 0.724. The SMILES string of the molecule is CNCCCCN(C)c1ccccc1F. The first-order chi connectivity index (χ1) is 7.25. The van der Waals surface area contributed by atoms with E-state index in [1.54, 1.807) is 6.07 Å². The van der Waals surface area contributed by atoms with Gasteiger partial charge in [0, 0.05) is 13.6 Å². The lowest BCUT2D eigenvalue weighted by Crippen LogP contribution is -2.20. The number of nitrogens with zero attached hydrogens (tertiary/aromatic N) is 1. The first-order valence-corrected chi connectivity index (χ1v) is 5.36. The summed E-state index contributed by atoms with van der Waals surface area (Å²) < 4.78 is 13.4. The van der Waals surface area contributed by atoms with E-state index in [2.05, 4.69) is 5.32 Å². The minimum Gasteiger partial charge on any atom is -0.372 e. The highest BCUT2D eigenvalue weighted by atomic mass is 19.1. The van der Waals surface area contributed by atoms with Gasteiger partial charge in [-0.15, -0.1) is 0 Å². The monoisotopic (exact) mass is 210 g/mol. The summed E-state index contributed by atoms with van der Waals surface area (Å²) in [5, 5.41) is 3.10. The maximum absolute atomic E-state index is 13.4. The van der Waals surface area contributed by atoms with E-state index in [9.17, 15) is 4.39 Å². The fourth-order valence-electron chi connectivity index (χ4n) is 1.53. The van der Waals surface area contributed by atoms with Crippen molar-refractivity contribution in [1.29, 1.82) is 0 Å². The van der Waals surface area contributed by atoms with Crippen LogP contribution in [0.1, 0.15) is 12.8 Å². The molecule has 1 aromatic rings. The lowest BCUT2D eigenvalue weighted by Gasteiger charge is -2.19. The summed E-state index contributed by atoms with van der Waals surface area (Å²) >= 11 is 0. The van der Waals surface area contributed by atoms with Gasteiger partial charge in [-0.05, 0) is 38.6 Å². The van der Waals surface area contributed by atoms with Gasteiger partial charge in [-0.3, -0.25) is 0 Å². The number of unbranched alkanes of at least 4 members (excludes halogenated alkanes) is 1. The van der Waals surface area contributed by atoms with E-state index in [1.807, 2.05) is 31.1 Å². The van der Waals surface area contributed by atoms with Crippen molar-refractivity contribution in [2.24, 2.45) is 0 Å². The molecule has 0 saturated heterocycles. The van der Waals surface area contributed by atoms with Crippen molar-refractivity contribution in [3.8, 4) is 0 Å². The van der Waals surface area contributed by atoms with Crippen LogP contribution in [0.3, 0.4) is 0 Å². The van der Waals surface area contributed by atoms with Gasteiger partial charge in [-0.1, -0.05) is 12.1 Å². The smallest absolute Gasteiger partial charge is 0.146 e. The molecule has 1 N–H and O–H groups in total. The molecule has 0 heterocycles. The Hall–Kier alpha value is -1.09. The Morgan fingerprint density at radius 3 is 2.67 bits per heavy atom. The standard InChI is InChI=1S/C12H19FN2/c1-14-9-5-6-10-15(2)12-8-4-3-7-11(12)13/h3-4,7-8,14H,5-6,9-10H2,1-2H3. The van der Waals surface area contributed by atoms with Crippen molar-refractivity contribution >= 4 is 5.69 Å². The molecule has 0 bridgehead atoms. The van der Waals surface area contributed by atoms with Crippen LogP contribution in [-0.4, -0.2) is 27.2 Å². The van der Waals surface area contributed by atoms with Gasteiger partial charge in [-0.25, -0.2) is 4.39 Å². The largest absolute Gasteiger partial charge is 0.372 e. The predicted octanol–water partition coefficient (Wildman–Crippen LogP) is 2.26. The van der Waals surface area contributed by atoms with Gasteiger partial charge in [0.2, 0.25) is 0 Å². The Bertz CT molecular complexity index is 289. The second-order valence-corrected chi connectivity index (χ2v) is 3.68. The number of halogens is 1. The van der Waals surface area contributed by atoms with Crippen molar-refractivity contribution in [2.75, 3.05) is 32.1 Å². The average Bonchev–Trinajstić information content (AvgIpc) is 2.25. The van der Waals surface area contributed by atoms with Gasteiger partial charge in [0.25, 0.3) is 0 Å². The van der Waals surface area contributed by atoms with E-state index in [1.165, 1.54) is 6.07 Å². The first kappa shape index (κ1) is 12.0. The summed E-state index contributed by atoms with van der Waals surface area (Å²) in [6.07, 6.45) is 2.20. The molecule has 0 amide bonds. The van der Waals surface area contributed by atoms with E-state index >= 15 is 0 Å². The number of nitrogens with one attached hydrogen (secondary N) is 1. The van der Waals surface area contributed by atoms with Gasteiger partial charge in [-0.2, -0.15) is 0 Å². The van der Waals surface area contributed by atoms with Crippen molar-refractivity contribution < 1.29 is 4.39 Å². The third kappa shape index (κ3) is 3.88. The minimum atomic E-state index is -0.145. The third-order valence-electron chi connectivity index (χ3n) is 2.43. The van der Waals surface area contributed by atoms with Crippen LogP contribution in [0, 0.1) is 5.82 Å². The fourth-order valence-corrected chi connectivity index (χ4v) is 1.53. The molecule has 1 aromatic carbocycles. The van der Waals surface area contributed by atoms with Crippen molar-refractivity contribution in [1.82, 2.24) is 5.32 Å². The zero-order chi connectivity index (χ0) is 11.1. The topological polar surface area (TPSA) is 15.3 Å². The molecule has 0 aliphatic carbocycles. The number of hydrogen-bond donors (Lipinski definition) is 1. The summed E-state index contributed by atoms with van der Waals surface area (Å²) in [5.74, 6) is -0.145. The molecule has 2 nitrogen and oxygen atoms in total. The summed E-state index contributed by atoms with van der Waals surface area (Å²) in [4.78, 5) is 1.96. The van der Waals surface area contributed by atoms with E-state index in [0.717, 1.165) is 25.9 Å². The molecule has 15 heavy (non-hydrogen) atoms. The predicted molar refractivity (Wildman–Crippen MR) is 62.8 cm³/mol. The number of benzene rings is 1. The van der Waals surface area contributed by atoms with Gasteiger partial charge in [0.15, 0.2) is 0 Å². The molecule has 0 radical (unpaired) electrons. The van der Waals surface area contributed by atoms with E-state index in [0.29, 0.717) is 5.69 Å². The Morgan fingerprint density at radius 1 is 1.27 bits per heavy atom. The molecule has 0 aliphatic heterocycles. The van der Waals surface area contributed by atoms with Crippen LogP contribution in [0.5, 0.6) is 0 Å². The molecule has 0 aromatic heterocycles. The highest BCUT2D eigenvalue weighted by Gasteiger charge is 2.05. The highest BCUT2D eigenvalue weighted by molar-refractivity contribution is 5.46. The minimum absolute atomic E-state index is 0.145. The summed E-state index contributed by atoms with van der Waals surface area (Å²) in [6, 6.07) is 6.89. The summed E-state index contributed by atoms with van der Waals surface area (Å²) in [5.41, 5.74) is 0.682. The van der Waals surface area contributed by atoms with Gasteiger partial charge in [0.1, 0.15) is 5.82 Å². The lowest BCUT2D eigenvalue weighted by molar-refractivity contribution is 0.615. The van der Waals surface area contributed by atoms with Crippen molar-refractivity contribution in [2.45, 2.75) is 12.8 Å². The molecule has 0 fully saturated rings. The third-order valence-corrected chi connectivity index (χ3v) is 2.43. The first-order valence-electron chi connectivity index (χ1n) is 5.36. The van der Waals surface area contributed by atoms with E-state index < -0.39 is 0 Å². The summed E-state index contributed by atoms with van der Waals surface area (Å²) in [7, 11) is 3.87. The lowest BCUT2D eigenvalue weighted by atomic mass is 10.2. The Balaban J connectivity index is 2.40. The Morgan fingerprint density at radius 2 is 2.00 bits per heavy atom. The normalized spacial score (nSPS) is 10.3. The molecule has 0 aliphatic rings. The molecule has 0 unspecified atom stereocenters. The van der Waals surface area contributed by atoms with Gasteiger partial charge in [0.05, 0.1) is 5.69 Å². The van der Waals surface area contributed by atoms with Crippen LogP contribution in [0.4, 0.5) is 10.1 Å². The summed E-state index contributed by atoms with van der Waals surface area (Å²) in [6.45, 7) is 1.91. The zero-order valence-electron chi connectivity index (χ0n) is 9.46. The molecular formula is C12H19FN2. The van der Waals surface area contributed by atoms with Crippen LogP contribution in [0.2, 0.25) is 0 Å². The highest BCUT2D eigenvalue weighted by Crippen LogP contribution is 2.17. The van der Waals surface area contributed by atoms with E-state index in [4.69, 9.17) is 0 Å². The molecular weight excluding hydrogens is 191 g/mol. The number of para-hydroxylation sites is 1. The van der Waals surface area contributed by atoms with Crippen molar-refractivity contribution in [3.05, 3.63) is 30.1 Å². The van der Waals surface area contributed by atoms with Gasteiger partial charge >= 0.3 is 0 Å². The maximum Gasteiger partial charge on any atom is 0.146 e. The molecule has 0 spiro atoms. The maximum atomic E-state index is 13.4. The molecule has 0 atom stereocenters. The Kier molecular flexibility index (Phi) is 5.12. The molecule has 1 rings (SSSR count). The molecule has 0 saturated carbocycles. The molecule has 84 valence electrons. The zero-order valence-corrected chi connectivity index (χ0v) is 9.46. The van der Waals surface area contributed by atoms with Gasteiger partial charge < -0.3 is 10.2 Å². The number of rotatable bonds is 6. The van der Waals surface area contributed by atoms with Crippen LogP contribution in [-0.2, 0) is 0 Å².